The number of thiophene rings is 1. The number of amides is 1. The third-order valence-electron chi connectivity index (χ3n) is 2.65. The molecule has 0 spiro atoms. The second kappa shape index (κ2) is 6.02. The zero-order chi connectivity index (χ0) is 12.1. The van der Waals surface area contributed by atoms with Gasteiger partial charge in [-0.15, -0.1) is 11.3 Å². The van der Waals surface area contributed by atoms with E-state index in [2.05, 4.69) is 5.32 Å². The van der Waals surface area contributed by atoms with Gasteiger partial charge < -0.3 is 14.8 Å². The van der Waals surface area contributed by atoms with Crippen LogP contribution in [0.3, 0.4) is 0 Å². The highest BCUT2D eigenvalue weighted by atomic mass is 32.1. The Labute approximate surface area is 105 Å². The smallest absolute Gasteiger partial charge is 0.265 e. The zero-order valence-electron chi connectivity index (χ0n) is 9.90. The molecule has 4 nitrogen and oxygen atoms in total. The van der Waals surface area contributed by atoms with E-state index in [9.17, 15) is 4.79 Å². The normalized spacial score (nSPS) is 19.2. The van der Waals surface area contributed by atoms with Crippen LogP contribution in [0.1, 0.15) is 29.4 Å². The average Bonchev–Trinajstić information content (AvgIpc) is 2.97. The molecule has 94 valence electrons. The first kappa shape index (κ1) is 12.4. The molecule has 1 aliphatic heterocycles. The SMILES string of the molecule is CCOc1ccsc1C(=O)NCC1CCCO1. The molecule has 1 amide bonds. The van der Waals surface area contributed by atoms with Crippen molar-refractivity contribution in [1.29, 1.82) is 0 Å². The Hall–Kier alpha value is -1.07. The summed E-state index contributed by atoms with van der Waals surface area (Å²) < 4.78 is 10.8. The Morgan fingerprint density at radius 2 is 2.59 bits per heavy atom. The molecule has 2 rings (SSSR count). The summed E-state index contributed by atoms with van der Waals surface area (Å²) in [6.45, 7) is 3.88. The standard InChI is InChI=1S/C12H17NO3S/c1-2-15-10-5-7-17-11(10)12(14)13-8-9-4-3-6-16-9/h5,7,9H,2-4,6,8H2,1H3,(H,13,14). The van der Waals surface area contributed by atoms with Gasteiger partial charge in [0.2, 0.25) is 0 Å². The summed E-state index contributed by atoms with van der Waals surface area (Å²) in [4.78, 5) is 12.6. The summed E-state index contributed by atoms with van der Waals surface area (Å²) in [6, 6.07) is 1.83. The summed E-state index contributed by atoms with van der Waals surface area (Å²) in [5.41, 5.74) is 0. The number of carbonyl (C=O) groups is 1. The quantitative estimate of drug-likeness (QED) is 0.876. The molecule has 2 heterocycles. The topological polar surface area (TPSA) is 47.6 Å². The molecule has 1 unspecified atom stereocenters. The number of hydrogen-bond acceptors (Lipinski definition) is 4. The number of carbonyl (C=O) groups excluding carboxylic acids is 1. The highest BCUT2D eigenvalue weighted by Crippen LogP contribution is 2.24. The highest BCUT2D eigenvalue weighted by Gasteiger charge is 2.19. The summed E-state index contributed by atoms with van der Waals surface area (Å²) in [5, 5.41) is 4.76. The van der Waals surface area contributed by atoms with Crippen molar-refractivity contribution in [3.8, 4) is 5.75 Å². The van der Waals surface area contributed by atoms with E-state index in [0.29, 0.717) is 23.8 Å². The first-order valence-corrected chi connectivity index (χ1v) is 6.79. The van der Waals surface area contributed by atoms with E-state index in [1.54, 1.807) is 0 Å². The van der Waals surface area contributed by atoms with Crippen molar-refractivity contribution in [3.05, 3.63) is 16.3 Å². The van der Waals surface area contributed by atoms with Gasteiger partial charge in [0.25, 0.3) is 5.91 Å². The van der Waals surface area contributed by atoms with Crippen LogP contribution in [0, 0.1) is 0 Å². The van der Waals surface area contributed by atoms with E-state index in [1.165, 1.54) is 11.3 Å². The first-order chi connectivity index (χ1) is 8.31. The molecule has 0 aliphatic carbocycles. The van der Waals surface area contributed by atoms with Crippen molar-refractivity contribution in [3.63, 3.8) is 0 Å². The van der Waals surface area contributed by atoms with E-state index < -0.39 is 0 Å². The molecule has 5 heteroatoms. The van der Waals surface area contributed by atoms with Crippen molar-refractivity contribution in [2.75, 3.05) is 19.8 Å². The Bertz CT molecular complexity index is 372. The molecule has 1 saturated heterocycles. The van der Waals surface area contributed by atoms with E-state index in [4.69, 9.17) is 9.47 Å². The Morgan fingerprint density at radius 1 is 1.71 bits per heavy atom. The van der Waals surface area contributed by atoms with Crippen molar-refractivity contribution in [2.45, 2.75) is 25.9 Å². The molecule has 0 radical (unpaired) electrons. The van der Waals surface area contributed by atoms with Crippen LogP contribution >= 0.6 is 11.3 Å². The number of nitrogens with one attached hydrogen (secondary N) is 1. The van der Waals surface area contributed by atoms with Gasteiger partial charge in [0.15, 0.2) is 0 Å². The minimum atomic E-state index is -0.0704. The van der Waals surface area contributed by atoms with Gasteiger partial charge in [0.05, 0.1) is 12.7 Å². The monoisotopic (exact) mass is 255 g/mol. The molecule has 1 aliphatic rings. The fourth-order valence-electron chi connectivity index (χ4n) is 1.82. The van der Waals surface area contributed by atoms with Crippen LogP contribution in [0.25, 0.3) is 0 Å². The van der Waals surface area contributed by atoms with Crippen LogP contribution < -0.4 is 10.1 Å². The molecule has 17 heavy (non-hydrogen) atoms. The average molecular weight is 255 g/mol. The second-order valence-corrected chi connectivity index (χ2v) is 4.81. The third-order valence-corrected chi connectivity index (χ3v) is 3.54. The van der Waals surface area contributed by atoms with Crippen molar-refractivity contribution < 1.29 is 14.3 Å². The fraction of sp³-hybridized carbons (Fsp3) is 0.583. The predicted octanol–water partition coefficient (Wildman–Crippen LogP) is 2.06. The Morgan fingerprint density at radius 3 is 3.29 bits per heavy atom. The minimum Gasteiger partial charge on any atom is -0.492 e. The molecule has 1 aromatic rings. The minimum absolute atomic E-state index is 0.0704. The van der Waals surface area contributed by atoms with Gasteiger partial charge in [0, 0.05) is 13.2 Å². The van der Waals surface area contributed by atoms with Gasteiger partial charge in [-0.1, -0.05) is 0 Å². The van der Waals surface area contributed by atoms with E-state index in [0.717, 1.165) is 19.4 Å². The number of hydrogen-bond donors (Lipinski definition) is 1. The van der Waals surface area contributed by atoms with Crippen molar-refractivity contribution >= 4 is 17.2 Å². The molecular weight excluding hydrogens is 238 g/mol. The van der Waals surface area contributed by atoms with E-state index in [1.807, 2.05) is 18.4 Å². The Balaban J connectivity index is 1.87. The highest BCUT2D eigenvalue weighted by molar-refractivity contribution is 7.12. The van der Waals surface area contributed by atoms with E-state index >= 15 is 0 Å². The van der Waals surface area contributed by atoms with Crippen LogP contribution in [0.5, 0.6) is 5.75 Å². The van der Waals surface area contributed by atoms with Crippen LogP contribution in [0.4, 0.5) is 0 Å². The predicted molar refractivity (Wildman–Crippen MR) is 66.8 cm³/mol. The van der Waals surface area contributed by atoms with Crippen molar-refractivity contribution in [1.82, 2.24) is 5.32 Å². The van der Waals surface area contributed by atoms with Crippen LogP contribution in [-0.4, -0.2) is 31.8 Å². The summed E-state index contributed by atoms with van der Waals surface area (Å²) in [7, 11) is 0. The fourth-order valence-corrected chi connectivity index (χ4v) is 2.57. The van der Waals surface area contributed by atoms with Crippen molar-refractivity contribution in [2.24, 2.45) is 0 Å². The molecule has 1 N–H and O–H groups in total. The largest absolute Gasteiger partial charge is 0.492 e. The lowest BCUT2D eigenvalue weighted by atomic mass is 10.2. The maximum atomic E-state index is 11.9. The van der Waals surface area contributed by atoms with Gasteiger partial charge in [-0.3, -0.25) is 4.79 Å². The maximum Gasteiger partial charge on any atom is 0.265 e. The molecule has 1 fully saturated rings. The van der Waals surface area contributed by atoms with Gasteiger partial charge >= 0.3 is 0 Å². The number of rotatable bonds is 5. The molecule has 0 bridgehead atoms. The van der Waals surface area contributed by atoms with Crippen LogP contribution in [0.15, 0.2) is 11.4 Å². The maximum absolute atomic E-state index is 11.9. The van der Waals surface area contributed by atoms with Gasteiger partial charge in [-0.05, 0) is 31.2 Å². The van der Waals surface area contributed by atoms with Crippen LogP contribution in [-0.2, 0) is 4.74 Å². The van der Waals surface area contributed by atoms with Gasteiger partial charge in [-0.2, -0.15) is 0 Å². The lowest BCUT2D eigenvalue weighted by Crippen LogP contribution is -2.31. The lowest BCUT2D eigenvalue weighted by Gasteiger charge is -2.10. The Kier molecular flexibility index (Phi) is 4.39. The lowest BCUT2D eigenvalue weighted by molar-refractivity contribution is 0.0858. The second-order valence-electron chi connectivity index (χ2n) is 3.89. The number of ether oxygens (including phenoxy) is 2. The van der Waals surface area contributed by atoms with Crippen LogP contribution in [0.2, 0.25) is 0 Å². The summed E-state index contributed by atoms with van der Waals surface area (Å²) in [5.74, 6) is 0.598. The molecule has 1 atom stereocenters. The molecule has 0 saturated carbocycles. The molecule has 0 aromatic carbocycles. The van der Waals surface area contributed by atoms with Gasteiger partial charge in [-0.25, -0.2) is 0 Å². The first-order valence-electron chi connectivity index (χ1n) is 5.91. The molecule has 1 aromatic heterocycles. The molecular formula is C12H17NO3S. The summed E-state index contributed by atoms with van der Waals surface area (Å²) in [6.07, 6.45) is 2.29. The van der Waals surface area contributed by atoms with Gasteiger partial charge in [0.1, 0.15) is 10.6 Å². The third kappa shape index (κ3) is 3.20. The zero-order valence-corrected chi connectivity index (χ0v) is 10.7. The van der Waals surface area contributed by atoms with E-state index in [-0.39, 0.29) is 12.0 Å². The summed E-state index contributed by atoms with van der Waals surface area (Å²) >= 11 is 1.40.